The molecule has 0 saturated carbocycles. The highest BCUT2D eigenvalue weighted by Crippen LogP contribution is 2.24. The fourth-order valence-corrected chi connectivity index (χ4v) is 3.25. The molecular formula is C15H19N5OS. The Morgan fingerprint density at radius 2 is 2.23 bits per heavy atom. The van der Waals surface area contributed by atoms with Crippen LogP contribution in [0, 0.1) is 0 Å². The third-order valence-electron chi connectivity index (χ3n) is 3.50. The average molecular weight is 317 g/mol. The van der Waals surface area contributed by atoms with Crippen LogP contribution in [0.15, 0.2) is 40.5 Å². The molecule has 0 spiro atoms. The lowest BCUT2D eigenvalue weighted by Gasteiger charge is -2.06. The predicted octanol–water partition coefficient (Wildman–Crippen LogP) is 3.02. The van der Waals surface area contributed by atoms with Crippen molar-refractivity contribution in [2.75, 3.05) is 5.75 Å². The maximum absolute atomic E-state index is 5.42. The van der Waals surface area contributed by atoms with Gasteiger partial charge in [0, 0.05) is 31.2 Å². The minimum absolute atomic E-state index is 0.760. The lowest BCUT2D eigenvalue weighted by Crippen LogP contribution is -2.00. The Hall–Kier alpha value is -2.02. The Morgan fingerprint density at radius 1 is 1.32 bits per heavy atom. The van der Waals surface area contributed by atoms with Gasteiger partial charge in [0.1, 0.15) is 0 Å². The molecule has 116 valence electrons. The molecule has 0 unspecified atom stereocenters. The van der Waals surface area contributed by atoms with Crippen LogP contribution in [-0.2, 0) is 20.0 Å². The number of rotatable bonds is 7. The minimum Gasteiger partial charge on any atom is -0.461 e. The fraction of sp³-hybridized carbons (Fsp3) is 0.400. The van der Waals surface area contributed by atoms with Gasteiger partial charge in [-0.1, -0.05) is 11.8 Å². The maximum Gasteiger partial charge on any atom is 0.200 e. The van der Waals surface area contributed by atoms with E-state index in [4.69, 9.17) is 4.42 Å². The van der Waals surface area contributed by atoms with Crippen molar-refractivity contribution in [2.45, 2.75) is 31.5 Å². The summed E-state index contributed by atoms with van der Waals surface area (Å²) in [6.45, 7) is 2.92. The molecule has 3 rings (SSSR count). The lowest BCUT2D eigenvalue weighted by atomic mass is 10.3. The lowest BCUT2D eigenvalue weighted by molar-refractivity contribution is 0.567. The van der Waals surface area contributed by atoms with Gasteiger partial charge in [-0.05, 0) is 31.9 Å². The standard InChI is InChI=1S/C15H19N5OS/c1-3-20-14(13-7-4-8-21-13)17-18-15(20)22-9-5-6-12-10-16-11-19(12)2/h4,7-8,10-11H,3,5-6,9H2,1-2H3. The van der Waals surface area contributed by atoms with Gasteiger partial charge in [-0.25, -0.2) is 4.98 Å². The monoisotopic (exact) mass is 317 g/mol. The zero-order valence-electron chi connectivity index (χ0n) is 12.8. The van der Waals surface area contributed by atoms with E-state index in [0.717, 1.165) is 41.9 Å². The van der Waals surface area contributed by atoms with E-state index in [1.807, 2.05) is 31.7 Å². The maximum atomic E-state index is 5.42. The molecular weight excluding hydrogens is 298 g/mol. The molecule has 0 N–H and O–H groups in total. The van der Waals surface area contributed by atoms with Gasteiger partial charge in [-0.15, -0.1) is 10.2 Å². The number of hydrogen-bond acceptors (Lipinski definition) is 5. The molecule has 0 amide bonds. The van der Waals surface area contributed by atoms with Crippen LogP contribution < -0.4 is 0 Å². The first kappa shape index (κ1) is 14.9. The van der Waals surface area contributed by atoms with E-state index in [1.165, 1.54) is 5.69 Å². The summed E-state index contributed by atoms with van der Waals surface area (Å²) in [6.07, 6.45) is 7.52. The number of aryl methyl sites for hydroxylation is 2. The van der Waals surface area contributed by atoms with Crippen molar-refractivity contribution in [1.82, 2.24) is 24.3 Å². The van der Waals surface area contributed by atoms with Crippen molar-refractivity contribution in [1.29, 1.82) is 0 Å². The van der Waals surface area contributed by atoms with Gasteiger partial charge in [0.25, 0.3) is 0 Å². The third-order valence-corrected chi connectivity index (χ3v) is 4.55. The highest BCUT2D eigenvalue weighted by Gasteiger charge is 2.14. The van der Waals surface area contributed by atoms with E-state index in [1.54, 1.807) is 18.0 Å². The Bertz CT molecular complexity index is 716. The quantitative estimate of drug-likeness (QED) is 0.495. The van der Waals surface area contributed by atoms with Crippen LogP contribution >= 0.6 is 11.8 Å². The van der Waals surface area contributed by atoms with Crippen LogP contribution in [0.1, 0.15) is 19.0 Å². The van der Waals surface area contributed by atoms with Gasteiger partial charge in [-0.2, -0.15) is 0 Å². The topological polar surface area (TPSA) is 61.7 Å². The number of hydrogen-bond donors (Lipinski definition) is 0. The van der Waals surface area contributed by atoms with E-state index < -0.39 is 0 Å². The van der Waals surface area contributed by atoms with Crippen molar-refractivity contribution in [3.8, 4) is 11.6 Å². The molecule has 22 heavy (non-hydrogen) atoms. The van der Waals surface area contributed by atoms with E-state index >= 15 is 0 Å². The summed E-state index contributed by atoms with van der Waals surface area (Å²) in [4.78, 5) is 4.14. The summed E-state index contributed by atoms with van der Waals surface area (Å²) in [5, 5.41) is 9.49. The van der Waals surface area contributed by atoms with E-state index in [0.29, 0.717) is 0 Å². The molecule has 0 aromatic carbocycles. The summed E-state index contributed by atoms with van der Waals surface area (Å²) >= 11 is 1.74. The summed E-state index contributed by atoms with van der Waals surface area (Å²) in [5.74, 6) is 2.55. The normalized spacial score (nSPS) is 11.2. The summed E-state index contributed by atoms with van der Waals surface area (Å²) < 4.78 is 9.58. The Kier molecular flexibility index (Phi) is 4.62. The first-order chi connectivity index (χ1) is 10.8. The SMILES string of the molecule is CCn1c(SCCCc2cncn2C)nnc1-c1ccco1. The van der Waals surface area contributed by atoms with Crippen LogP contribution in [0.3, 0.4) is 0 Å². The first-order valence-corrected chi connectivity index (χ1v) is 8.33. The highest BCUT2D eigenvalue weighted by atomic mass is 32.2. The zero-order valence-corrected chi connectivity index (χ0v) is 13.6. The second-order valence-electron chi connectivity index (χ2n) is 4.98. The number of furan rings is 1. The number of imidazole rings is 1. The van der Waals surface area contributed by atoms with Gasteiger partial charge in [0.15, 0.2) is 16.7 Å². The van der Waals surface area contributed by atoms with Crippen molar-refractivity contribution in [3.63, 3.8) is 0 Å². The molecule has 6 nitrogen and oxygen atoms in total. The van der Waals surface area contributed by atoms with Crippen LogP contribution in [0.25, 0.3) is 11.6 Å². The van der Waals surface area contributed by atoms with Crippen molar-refractivity contribution < 1.29 is 4.42 Å². The summed E-state index contributed by atoms with van der Waals surface area (Å²) in [7, 11) is 2.03. The molecule has 3 aromatic heterocycles. The second kappa shape index (κ2) is 6.83. The molecule has 0 atom stereocenters. The molecule has 0 aliphatic heterocycles. The van der Waals surface area contributed by atoms with Crippen LogP contribution in [-0.4, -0.2) is 30.1 Å². The Morgan fingerprint density at radius 3 is 2.91 bits per heavy atom. The molecule has 3 aromatic rings. The van der Waals surface area contributed by atoms with Crippen LogP contribution in [0.2, 0.25) is 0 Å². The summed E-state index contributed by atoms with van der Waals surface area (Å²) in [5.41, 5.74) is 1.26. The van der Waals surface area contributed by atoms with Gasteiger partial charge in [-0.3, -0.25) is 4.57 Å². The first-order valence-electron chi connectivity index (χ1n) is 7.34. The molecule has 0 saturated heterocycles. The average Bonchev–Trinajstić information content (AvgIpc) is 3.24. The van der Waals surface area contributed by atoms with Gasteiger partial charge < -0.3 is 8.98 Å². The van der Waals surface area contributed by atoms with Gasteiger partial charge in [0.2, 0.25) is 0 Å². The number of aromatic nitrogens is 5. The van der Waals surface area contributed by atoms with Crippen LogP contribution in [0.5, 0.6) is 0 Å². The summed E-state index contributed by atoms with van der Waals surface area (Å²) in [6, 6.07) is 3.78. The highest BCUT2D eigenvalue weighted by molar-refractivity contribution is 7.99. The number of nitrogens with zero attached hydrogens (tertiary/aromatic N) is 5. The zero-order chi connectivity index (χ0) is 15.4. The van der Waals surface area contributed by atoms with Crippen molar-refractivity contribution >= 4 is 11.8 Å². The molecule has 7 heteroatoms. The van der Waals surface area contributed by atoms with Gasteiger partial charge in [0.05, 0.1) is 12.6 Å². The predicted molar refractivity (Wildman–Crippen MR) is 85.7 cm³/mol. The Labute approximate surface area is 133 Å². The van der Waals surface area contributed by atoms with E-state index in [-0.39, 0.29) is 0 Å². The fourth-order valence-electron chi connectivity index (χ4n) is 2.31. The molecule has 0 aliphatic rings. The second-order valence-corrected chi connectivity index (χ2v) is 6.04. The molecule has 0 radical (unpaired) electrons. The van der Waals surface area contributed by atoms with E-state index in [2.05, 4.69) is 31.2 Å². The van der Waals surface area contributed by atoms with Crippen molar-refractivity contribution in [2.24, 2.45) is 7.05 Å². The van der Waals surface area contributed by atoms with Crippen LogP contribution in [0.4, 0.5) is 0 Å². The minimum atomic E-state index is 0.760. The van der Waals surface area contributed by atoms with Gasteiger partial charge >= 0.3 is 0 Å². The molecule has 0 aliphatic carbocycles. The van der Waals surface area contributed by atoms with E-state index in [9.17, 15) is 0 Å². The third kappa shape index (κ3) is 3.09. The molecule has 3 heterocycles. The number of thioether (sulfide) groups is 1. The molecule has 0 fully saturated rings. The van der Waals surface area contributed by atoms with Crippen molar-refractivity contribution in [3.05, 3.63) is 36.6 Å². The Balaban J connectivity index is 1.60. The molecule has 0 bridgehead atoms. The smallest absolute Gasteiger partial charge is 0.200 e. The largest absolute Gasteiger partial charge is 0.461 e.